The highest BCUT2D eigenvalue weighted by Crippen LogP contribution is 2.51. The third-order valence-corrected chi connectivity index (χ3v) is 4.40. The zero-order valence-corrected chi connectivity index (χ0v) is 15.7. The Balaban J connectivity index is 1.79. The van der Waals surface area contributed by atoms with Gasteiger partial charge in [0.05, 0.1) is 5.69 Å². The van der Waals surface area contributed by atoms with E-state index < -0.39 is 29.4 Å². The first-order valence-electron chi connectivity index (χ1n) is 8.76. The van der Waals surface area contributed by atoms with E-state index in [1.54, 1.807) is 0 Å². The van der Waals surface area contributed by atoms with Crippen LogP contribution in [-0.2, 0) is 5.92 Å². The van der Waals surface area contributed by atoms with Crippen molar-refractivity contribution in [3.05, 3.63) is 78.1 Å². The predicted molar refractivity (Wildman–Crippen MR) is 99.0 cm³/mol. The Labute approximate surface area is 175 Å². The minimum atomic E-state index is -6.41. The summed E-state index contributed by atoms with van der Waals surface area (Å²) in [5.74, 6) is -12.8. The molecule has 3 aromatic carbocycles. The Morgan fingerprint density at radius 2 is 1.19 bits per heavy atom. The number of aromatic hydroxyl groups is 1. The van der Waals surface area contributed by atoms with Gasteiger partial charge in [-0.15, -0.1) is 5.11 Å². The van der Waals surface area contributed by atoms with Crippen LogP contribution in [0.4, 0.5) is 46.5 Å². The quantitative estimate of drug-likeness (QED) is 0.305. The summed E-state index contributed by atoms with van der Waals surface area (Å²) in [6, 6.07) is 12.1. The minimum Gasteiger partial charge on any atom is -0.508 e. The molecule has 32 heavy (non-hydrogen) atoms. The zero-order chi connectivity index (χ0) is 23.7. The van der Waals surface area contributed by atoms with Crippen LogP contribution < -0.4 is 0 Å². The third-order valence-electron chi connectivity index (χ3n) is 4.40. The molecule has 0 atom stereocenters. The summed E-state index contributed by atoms with van der Waals surface area (Å²) in [5, 5.41) is 16.7. The number of phenols is 1. The average molecular weight is 460 g/mol. The summed E-state index contributed by atoms with van der Waals surface area (Å²) in [6.45, 7) is 0. The van der Waals surface area contributed by atoms with Crippen LogP contribution in [0.2, 0.25) is 0 Å². The molecule has 0 amide bonds. The van der Waals surface area contributed by atoms with E-state index in [9.17, 15) is 35.1 Å². The Morgan fingerprint density at radius 3 is 1.69 bits per heavy atom. The van der Waals surface area contributed by atoms with Gasteiger partial charge >= 0.3 is 18.0 Å². The molecule has 168 valence electrons. The van der Waals surface area contributed by atoms with Gasteiger partial charge in [-0.2, -0.15) is 35.8 Å². The Bertz CT molecular complexity index is 1120. The van der Waals surface area contributed by atoms with Gasteiger partial charge < -0.3 is 5.11 Å². The standard InChI is InChI=1S/C21H12F8N2O/c22-17-11-16(32)9-10-18(17)31-30-15-7-3-13(4-8-15)12-1-5-14(6-2-12)19(23,24)20(25,26)21(27,28)29/h1-11,32H. The average Bonchev–Trinajstić information content (AvgIpc) is 2.73. The zero-order valence-electron chi connectivity index (χ0n) is 15.7. The first-order chi connectivity index (χ1) is 14.8. The second-order valence-electron chi connectivity index (χ2n) is 6.61. The topological polar surface area (TPSA) is 45.0 Å². The van der Waals surface area contributed by atoms with E-state index in [4.69, 9.17) is 5.11 Å². The molecule has 0 aromatic heterocycles. The smallest absolute Gasteiger partial charge is 0.460 e. The van der Waals surface area contributed by atoms with Crippen molar-refractivity contribution in [1.29, 1.82) is 0 Å². The van der Waals surface area contributed by atoms with Crippen LogP contribution in [0.1, 0.15) is 5.56 Å². The second kappa shape index (κ2) is 8.21. The second-order valence-corrected chi connectivity index (χ2v) is 6.61. The van der Waals surface area contributed by atoms with Crippen LogP contribution in [0.5, 0.6) is 5.75 Å². The maximum absolute atomic E-state index is 13.8. The molecule has 0 bridgehead atoms. The lowest BCUT2D eigenvalue weighted by atomic mass is 9.98. The lowest BCUT2D eigenvalue weighted by Gasteiger charge is -2.28. The van der Waals surface area contributed by atoms with Crippen molar-refractivity contribution >= 4 is 11.4 Å². The SMILES string of the molecule is Oc1ccc(N=Nc2ccc(-c3ccc(C(F)(F)C(F)(F)C(F)(F)F)cc3)cc2)c(F)c1. The fourth-order valence-corrected chi connectivity index (χ4v) is 2.64. The van der Waals surface area contributed by atoms with Gasteiger partial charge in [-0.1, -0.05) is 36.4 Å². The summed E-state index contributed by atoms with van der Waals surface area (Å²) >= 11 is 0. The van der Waals surface area contributed by atoms with Gasteiger partial charge in [-0.3, -0.25) is 0 Å². The number of rotatable bonds is 5. The van der Waals surface area contributed by atoms with Crippen molar-refractivity contribution in [3.8, 4) is 16.9 Å². The van der Waals surface area contributed by atoms with Crippen molar-refractivity contribution in [2.24, 2.45) is 10.2 Å². The normalized spacial score (nSPS) is 13.0. The lowest BCUT2D eigenvalue weighted by Crippen LogP contribution is -2.49. The minimum absolute atomic E-state index is 0.126. The van der Waals surface area contributed by atoms with Gasteiger partial charge in [0.25, 0.3) is 0 Å². The van der Waals surface area contributed by atoms with E-state index >= 15 is 0 Å². The summed E-state index contributed by atoms with van der Waals surface area (Å²) < 4.78 is 104. The fourth-order valence-electron chi connectivity index (χ4n) is 2.64. The summed E-state index contributed by atoms with van der Waals surface area (Å²) in [5.41, 5.74) is -0.622. The highest BCUT2D eigenvalue weighted by Gasteiger charge is 2.73. The molecular formula is C21H12F8N2O. The van der Waals surface area contributed by atoms with Gasteiger partial charge in [0, 0.05) is 11.6 Å². The van der Waals surface area contributed by atoms with E-state index in [1.807, 2.05) is 0 Å². The van der Waals surface area contributed by atoms with Crippen molar-refractivity contribution in [1.82, 2.24) is 0 Å². The van der Waals surface area contributed by atoms with Crippen LogP contribution >= 0.6 is 0 Å². The number of benzene rings is 3. The van der Waals surface area contributed by atoms with Crippen molar-refractivity contribution in [3.63, 3.8) is 0 Å². The lowest BCUT2D eigenvalue weighted by molar-refractivity contribution is -0.359. The molecular weight excluding hydrogens is 448 g/mol. The molecule has 0 aliphatic carbocycles. The third kappa shape index (κ3) is 4.41. The molecule has 3 aromatic rings. The molecule has 0 saturated heterocycles. The van der Waals surface area contributed by atoms with Crippen LogP contribution in [-0.4, -0.2) is 17.2 Å². The number of azo groups is 1. The number of hydrogen-bond donors (Lipinski definition) is 1. The molecule has 1 N–H and O–H groups in total. The van der Waals surface area contributed by atoms with Crippen molar-refractivity contribution < 1.29 is 40.2 Å². The van der Waals surface area contributed by atoms with Crippen LogP contribution in [0.15, 0.2) is 77.0 Å². The molecule has 0 saturated carbocycles. The fraction of sp³-hybridized carbons (Fsp3) is 0.143. The van der Waals surface area contributed by atoms with Gasteiger partial charge in [0.1, 0.15) is 11.4 Å². The Kier molecular flexibility index (Phi) is 5.94. The number of hydrogen-bond acceptors (Lipinski definition) is 3. The molecule has 0 aliphatic rings. The summed E-state index contributed by atoms with van der Waals surface area (Å²) in [6.07, 6.45) is -6.41. The maximum Gasteiger partial charge on any atom is 0.460 e. The number of halogens is 8. The van der Waals surface area contributed by atoms with Crippen molar-refractivity contribution in [2.45, 2.75) is 18.0 Å². The molecule has 3 nitrogen and oxygen atoms in total. The maximum atomic E-state index is 13.8. The highest BCUT2D eigenvalue weighted by molar-refractivity contribution is 5.65. The number of alkyl halides is 7. The first kappa shape index (κ1) is 23.2. The molecule has 0 radical (unpaired) electrons. The van der Waals surface area contributed by atoms with Gasteiger partial charge in [0.2, 0.25) is 0 Å². The molecule has 0 aliphatic heterocycles. The van der Waals surface area contributed by atoms with Gasteiger partial charge in [-0.25, -0.2) is 4.39 Å². The van der Waals surface area contributed by atoms with E-state index in [1.165, 1.54) is 36.4 Å². The van der Waals surface area contributed by atoms with Crippen LogP contribution in [0, 0.1) is 5.82 Å². The first-order valence-corrected chi connectivity index (χ1v) is 8.76. The highest BCUT2D eigenvalue weighted by atomic mass is 19.4. The van der Waals surface area contributed by atoms with E-state index in [2.05, 4.69) is 10.2 Å². The summed E-state index contributed by atoms with van der Waals surface area (Å²) in [4.78, 5) is 0. The number of nitrogens with zero attached hydrogens (tertiary/aromatic N) is 2. The molecule has 3 rings (SSSR count). The molecule has 0 spiro atoms. The van der Waals surface area contributed by atoms with Gasteiger partial charge in [0.15, 0.2) is 5.82 Å². The van der Waals surface area contributed by atoms with E-state index in [-0.39, 0.29) is 22.7 Å². The van der Waals surface area contributed by atoms with Gasteiger partial charge in [-0.05, 0) is 35.4 Å². The Hall–Kier alpha value is -3.50. The van der Waals surface area contributed by atoms with Crippen LogP contribution in [0.3, 0.4) is 0 Å². The molecule has 0 unspecified atom stereocenters. The Morgan fingerprint density at radius 1 is 0.656 bits per heavy atom. The predicted octanol–water partition coefficient (Wildman–Crippen LogP) is 7.90. The van der Waals surface area contributed by atoms with E-state index in [0.29, 0.717) is 17.7 Å². The molecule has 11 heteroatoms. The number of phenolic OH excluding ortho intramolecular Hbond substituents is 1. The molecule has 0 heterocycles. The van der Waals surface area contributed by atoms with Crippen molar-refractivity contribution in [2.75, 3.05) is 0 Å². The van der Waals surface area contributed by atoms with E-state index in [0.717, 1.165) is 18.2 Å². The molecule has 0 fully saturated rings. The summed E-state index contributed by atoms with van der Waals surface area (Å²) in [7, 11) is 0. The van der Waals surface area contributed by atoms with Crippen LogP contribution in [0.25, 0.3) is 11.1 Å². The largest absolute Gasteiger partial charge is 0.508 e. The monoisotopic (exact) mass is 460 g/mol.